The lowest BCUT2D eigenvalue weighted by Crippen LogP contribution is -2.12. The number of Topliss-reactive ketones (excluding diaryl/α,β-unsaturated/α-hetero) is 1. The molecule has 0 unspecified atom stereocenters. The van der Waals surface area contributed by atoms with Crippen molar-refractivity contribution in [1.82, 2.24) is 5.32 Å². The van der Waals surface area contributed by atoms with Crippen LogP contribution in [0.4, 0.5) is 0 Å². The highest BCUT2D eigenvalue weighted by atomic mass is 16.1. The quantitative estimate of drug-likeness (QED) is 0.620. The van der Waals surface area contributed by atoms with Crippen LogP contribution in [0.25, 0.3) is 0 Å². The van der Waals surface area contributed by atoms with Gasteiger partial charge in [-0.05, 0) is 12.3 Å². The van der Waals surface area contributed by atoms with Gasteiger partial charge in [0, 0.05) is 12.1 Å². The Morgan fingerprint density at radius 1 is 1.82 bits per heavy atom. The summed E-state index contributed by atoms with van der Waals surface area (Å²) in [5.41, 5.74) is 0.630. The lowest BCUT2D eigenvalue weighted by atomic mass is 10.1. The van der Waals surface area contributed by atoms with Crippen molar-refractivity contribution in [2.75, 3.05) is 6.54 Å². The summed E-state index contributed by atoms with van der Waals surface area (Å²) in [6.45, 7) is 0.670. The van der Waals surface area contributed by atoms with Crippen LogP contribution >= 0.6 is 0 Å². The summed E-state index contributed by atoms with van der Waals surface area (Å²) in [5, 5.41) is 11.1. The van der Waals surface area contributed by atoms with Gasteiger partial charge in [-0.25, -0.2) is 0 Å². The molecular weight excluding hydrogens is 140 g/mol. The van der Waals surface area contributed by atoms with Crippen molar-refractivity contribution in [3.8, 4) is 6.07 Å². The second-order valence-corrected chi connectivity index (χ2v) is 2.16. The molecule has 0 radical (unpaired) electrons. The molecule has 0 atom stereocenters. The predicted octanol–water partition coefficient (Wildman–Crippen LogP) is 0.512. The summed E-state index contributed by atoms with van der Waals surface area (Å²) in [6, 6.07) is 1.82. The maximum absolute atomic E-state index is 11.0. The number of ketones is 1. The normalized spacial score (nSPS) is 14.6. The third kappa shape index (κ3) is 1.94. The molecule has 1 aliphatic rings. The van der Waals surface area contributed by atoms with Gasteiger partial charge in [-0.15, -0.1) is 0 Å². The lowest BCUT2D eigenvalue weighted by Gasteiger charge is -2.04. The van der Waals surface area contributed by atoms with Gasteiger partial charge in [-0.1, -0.05) is 6.08 Å². The smallest absolute Gasteiger partial charge is 0.176 e. The molecule has 0 aliphatic carbocycles. The number of hydrogen-bond acceptors (Lipinski definition) is 3. The van der Waals surface area contributed by atoms with Crippen molar-refractivity contribution >= 4 is 5.78 Å². The lowest BCUT2D eigenvalue weighted by molar-refractivity contribution is -0.114. The molecule has 0 aromatic rings. The van der Waals surface area contributed by atoms with E-state index in [2.05, 4.69) is 5.32 Å². The highest BCUT2D eigenvalue weighted by molar-refractivity contribution is 5.99. The van der Waals surface area contributed by atoms with Crippen LogP contribution in [0.2, 0.25) is 0 Å². The standard InChI is InChI=1S/C8H8N2O/c9-4-1-8(11)7-2-5-10-6-3-7/h2-3,5,10H,1,6H2. The second-order valence-electron chi connectivity index (χ2n) is 2.16. The van der Waals surface area contributed by atoms with E-state index in [1.54, 1.807) is 18.4 Å². The third-order valence-corrected chi connectivity index (χ3v) is 1.38. The number of dihydropyridines is 1. The predicted molar refractivity (Wildman–Crippen MR) is 40.5 cm³/mol. The molecule has 0 saturated carbocycles. The SMILES string of the molecule is N#CCC(=O)C1=CCNC=C1. The van der Waals surface area contributed by atoms with Crippen molar-refractivity contribution in [3.63, 3.8) is 0 Å². The number of rotatable bonds is 2. The van der Waals surface area contributed by atoms with Crippen LogP contribution in [0, 0.1) is 11.3 Å². The molecule has 1 aliphatic heterocycles. The molecule has 1 heterocycles. The zero-order valence-electron chi connectivity index (χ0n) is 6.00. The van der Waals surface area contributed by atoms with Gasteiger partial charge in [-0.2, -0.15) is 5.26 Å². The van der Waals surface area contributed by atoms with E-state index in [0.717, 1.165) is 0 Å². The third-order valence-electron chi connectivity index (χ3n) is 1.38. The number of carbonyl (C=O) groups is 1. The highest BCUT2D eigenvalue weighted by Crippen LogP contribution is 2.03. The maximum atomic E-state index is 11.0. The van der Waals surface area contributed by atoms with E-state index in [1.165, 1.54) is 0 Å². The van der Waals surface area contributed by atoms with E-state index < -0.39 is 0 Å². The first-order chi connectivity index (χ1) is 5.34. The molecule has 3 heteroatoms. The molecule has 1 N–H and O–H groups in total. The molecule has 0 amide bonds. The molecule has 0 spiro atoms. The van der Waals surface area contributed by atoms with Crippen LogP contribution in [0.15, 0.2) is 23.9 Å². The van der Waals surface area contributed by atoms with E-state index in [4.69, 9.17) is 5.26 Å². The fraction of sp³-hybridized carbons (Fsp3) is 0.250. The second kappa shape index (κ2) is 3.57. The molecule has 11 heavy (non-hydrogen) atoms. The average molecular weight is 148 g/mol. The molecule has 0 bridgehead atoms. The van der Waals surface area contributed by atoms with Crippen molar-refractivity contribution in [3.05, 3.63) is 23.9 Å². The number of nitrogens with zero attached hydrogens (tertiary/aromatic N) is 1. The van der Waals surface area contributed by atoms with E-state index >= 15 is 0 Å². The topological polar surface area (TPSA) is 52.9 Å². The van der Waals surface area contributed by atoms with Crippen molar-refractivity contribution in [2.24, 2.45) is 0 Å². The van der Waals surface area contributed by atoms with Gasteiger partial charge in [0.25, 0.3) is 0 Å². The van der Waals surface area contributed by atoms with Gasteiger partial charge in [0.05, 0.1) is 12.5 Å². The van der Waals surface area contributed by atoms with Gasteiger partial charge in [0.15, 0.2) is 5.78 Å². The Labute approximate surface area is 65.0 Å². The summed E-state index contributed by atoms with van der Waals surface area (Å²) in [7, 11) is 0. The van der Waals surface area contributed by atoms with Gasteiger partial charge in [0.1, 0.15) is 0 Å². The van der Waals surface area contributed by atoms with Gasteiger partial charge < -0.3 is 5.32 Å². The van der Waals surface area contributed by atoms with E-state index in [1.807, 2.05) is 6.07 Å². The minimum absolute atomic E-state index is 0.0316. The monoisotopic (exact) mass is 148 g/mol. The Kier molecular flexibility index (Phi) is 2.45. The molecular formula is C8H8N2O. The maximum Gasteiger partial charge on any atom is 0.176 e. The van der Waals surface area contributed by atoms with Crippen molar-refractivity contribution in [2.45, 2.75) is 6.42 Å². The van der Waals surface area contributed by atoms with Crippen LogP contribution < -0.4 is 5.32 Å². The fourth-order valence-electron chi connectivity index (χ4n) is 0.834. The molecule has 0 aromatic heterocycles. The zero-order valence-corrected chi connectivity index (χ0v) is 6.00. The summed E-state index contributed by atoms with van der Waals surface area (Å²) in [6.07, 6.45) is 5.14. The molecule has 56 valence electrons. The van der Waals surface area contributed by atoms with Crippen molar-refractivity contribution < 1.29 is 4.79 Å². The molecule has 0 aromatic carbocycles. The minimum atomic E-state index is -0.106. The van der Waals surface area contributed by atoms with E-state index in [0.29, 0.717) is 12.1 Å². The number of hydrogen-bond donors (Lipinski definition) is 1. The van der Waals surface area contributed by atoms with Crippen molar-refractivity contribution in [1.29, 1.82) is 5.26 Å². The minimum Gasteiger partial charge on any atom is -0.387 e. The summed E-state index contributed by atoms with van der Waals surface area (Å²) < 4.78 is 0. The Morgan fingerprint density at radius 3 is 3.18 bits per heavy atom. The average Bonchev–Trinajstić information content (AvgIpc) is 2.07. The number of nitrogens with one attached hydrogen (secondary N) is 1. The van der Waals surface area contributed by atoms with E-state index in [9.17, 15) is 4.79 Å². The first-order valence-electron chi connectivity index (χ1n) is 3.35. The zero-order chi connectivity index (χ0) is 8.10. The number of nitriles is 1. The summed E-state index contributed by atoms with van der Waals surface area (Å²) >= 11 is 0. The Balaban J connectivity index is 2.61. The summed E-state index contributed by atoms with van der Waals surface area (Å²) in [5.74, 6) is -0.106. The van der Waals surface area contributed by atoms with Crippen LogP contribution in [-0.4, -0.2) is 12.3 Å². The van der Waals surface area contributed by atoms with Crippen LogP contribution in [-0.2, 0) is 4.79 Å². The highest BCUT2D eigenvalue weighted by Gasteiger charge is 2.06. The molecule has 1 rings (SSSR count). The Morgan fingerprint density at radius 2 is 2.64 bits per heavy atom. The van der Waals surface area contributed by atoms with Crippen LogP contribution in [0.1, 0.15) is 6.42 Å². The van der Waals surface area contributed by atoms with Gasteiger partial charge in [0.2, 0.25) is 0 Å². The first-order valence-corrected chi connectivity index (χ1v) is 3.35. The first kappa shape index (κ1) is 7.55. The van der Waals surface area contributed by atoms with Gasteiger partial charge in [-0.3, -0.25) is 4.79 Å². The van der Waals surface area contributed by atoms with Gasteiger partial charge >= 0.3 is 0 Å². The Bertz CT molecular complexity index is 258. The number of carbonyl (C=O) groups excluding carboxylic acids is 1. The molecule has 0 saturated heterocycles. The van der Waals surface area contributed by atoms with Crippen LogP contribution in [0.3, 0.4) is 0 Å². The molecule has 3 nitrogen and oxygen atoms in total. The Hall–Kier alpha value is -1.56. The van der Waals surface area contributed by atoms with Crippen LogP contribution in [0.5, 0.6) is 0 Å². The fourth-order valence-corrected chi connectivity index (χ4v) is 0.834. The largest absolute Gasteiger partial charge is 0.387 e. The van der Waals surface area contributed by atoms with E-state index in [-0.39, 0.29) is 12.2 Å². The molecule has 0 fully saturated rings. The summed E-state index contributed by atoms with van der Waals surface area (Å²) in [4.78, 5) is 11.0. The number of allylic oxidation sites excluding steroid dienone is 2.